The Morgan fingerprint density at radius 1 is 1.55 bits per heavy atom. The highest BCUT2D eigenvalue weighted by Crippen LogP contribution is 2.15. The predicted molar refractivity (Wildman–Crippen MR) is 66.6 cm³/mol. The molecule has 20 heavy (non-hydrogen) atoms. The summed E-state index contributed by atoms with van der Waals surface area (Å²) in [6.45, 7) is 3.56. The molecule has 9 heteroatoms. The van der Waals surface area contributed by atoms with Crippen molar-refractivity contribution in [1.82, 2.24) is 4.98 Å². The molecular weight excluding hydrogens is 297 g/mol. The zero-order chi connectivity index (χ0) is 15.1. The second kappa shape index (κ2) is 7.83. The van der Waals surface area contributed by atoms with Gasteiger partial charge in [0.15, 0.2) is 11.6 Å². The van der Waals surface area contributed by atoms with E-state index in [1.165, 1.54) is 12.4 Å². The zero-order valence-corrected chi connectivity index (χ0v) is 11.6. The summed E-state index contributed by atoms with van der Waals surface area (Å²) in [4.78, 5) is 8.58. The molecule has 0 N–H and O–H groups in total. The smallest absolute Gasteiger partial charge is 0.301 e. The van der Waals surface area contributed by atoms with Crippen molar-refractivity contribution in [1.29, 1.82) is 0 Å². The zero-order valence-electron chi connectivity index (χ0n) is 10.8. The van der Waals surface area contributed by atoms with E-state index in [1.807, 2.05) is 0 Å². The summed E-state index contributed by atoms with van der Waals surface area (Å²) >= 11 is 0. The Hall–Kier alpha value is -1.64. The van der Waals surface area contributed by atoms with Crippen LogP contribution in [0.5, 0.6) is 0 Å². The maximum atomic E-state index is 12.6. The van der Waals surface area contributed by atoms with Gasteiger partial charge in [-0.25, -0.2) is 13.6 Å². The molecule has 1 unspecified atom stereocenters. The molecule has 0 radical (unpaired) electrons. The number of hydrogen-bond donors (Lipinski definition) is 0. The molecule has 0 aliphatic carbocycles. The number of nitrogens with zero attached hydrogens (tertiary/aromatic N) is 2. The van der Waals surface area contributed by atoms with Crippen molar-refractivity contribution in [2.75, 3.05) is 5.75 Å². The minimum atomic E-state index is -2.41. The summed E-state index contributed by atoms with van der Waals surface area (Å²) in [7, 11) is -1.80. The normalized spacial score (nSPS) is 12.9. The van der Waals surface area contributed by atoms with Crippen LogP contribution in [0.15, 0.2) is 32.9 Å². The molecule has 0 aromatic carbocycles. The summed E-state index contributed by atoms with van der Waals surface area (Å²) < 4.78 is 52.9. The molecule has 1 atom stereocenters. The number of oxazole rings is 1. The molecule has 1 heterocycles. The minimum absolute atomic E-state index is 0.104. The van der Waals surface area contributed by atoms with E-state index in [9.17, 15) is 17.4 Å². The second-order valence-electron chi connectivity index (χ2n) is 3.88. The average Bonchev–Trinajstić information content (AvgIpc) is 2.83. The fraction of sp³-hybridized carbons (Fsp3) is 0.455. The molecular formula is C11H13F3N2O3S. The van der Waals surface area contributed by atoms with Gasteiger partial charge < -0.3 is 9.25 Å². The van der Waals surface area contributed by atoms with E-state index in [2.05, 4.69) is 10.1 Å². The second-order valence-corrected chi connectivity index (χ2v) is 5.33. The first-order chi connectivity index (χ1) is 9.40. The van der Waals surface area contributed by atoms with E-state index in [-0.39, 0.29) is 22.8 Å². The molecule has 1 rings (SSSR count). The van der Waals surface area contributed by atoms with Crippen LogP contribution in [0.3, 0.4) is 0 Å². The van der Waals surface area contributed by atoms with Crippen molar-refractivity contribution in [3.8, 4) is 0 Å². The fourth-order valence-corrected chi connectivity index (χ4v) is 1.90. The first kappa shape index (κ1) is 16.4. The van der Waals surface area contributed by atoms with Crippen LogP contribution in [-0.2, 0) is 15.6 Å². The first-order valence-electron chi connectivity index (χ1n) is 5.63. The summed E-state index contributed by atoms with van der Waals surface area (Å²) in [5, 5.41) is 3.41. The Bertz CT molecular complexity index is 525. The summed E-state index contributed by atoms with van der Waals surface area (Å²) in [6.07, 6.45) is -0.671. The quantitative estimate of drug-likeness (QED) is 0.573. The molecule has 1 aromatic heterocycles. The van der Waals surface area contributed by atoms with Gasteiger partial charge in [0, 0.05) is 12.2 Å². The van der Waals surface area contributed by atoms with Gasteiger partial charge in [0.05, 0.1) is 6.20 Å². The van der Waals surface area contributed by atoms with E-state index in [0.29, 0.717) is 0 Å². The number of rotatable bonds is 7. The number of hydrogen-bond acceptors (Lipinski definition) is 5. The lowest BCUT2D eigenvalue weighted by molar-refractivity contribution is 0.0871. The molecule has 0 saturated carbocycles. The van der Waals surface area contributed by atoms with Crippen molar-refractivity contribution in [2.24, 2.45) is 5.16 Å². The predicted octanol–water partition coefficient (Wildman–Crippen LogP) is 3.01. The average molecular weight is 310 g/mol. The van der Waals surface area contributed by atoms with Crippen LogP contribution in [0.25, 0.3) is 0 Å². The number of oxime groups is 1. The largest absolute Gasteiger partial charge is 0.429 e. The van der Waals surface area contributed by atoms with E-state index in [1.54, 1.807) is 13.8 Å². The molecule has 0 spiro atoms. The molecule has 0 bridgehead atoms. The van der Waals surface area contributed by atoms with Crippen molar-refractivity contribution in [3.05, 3.63) is 23.9 Å². The molecule has 0 aliphatic rings. The van der Waals surface area contributed by atoms with Gasteiger partial charge in [-0.1, -0.05) is 5.16 Å². The van der Waals surface area contributed by atoms with Crippen molar-refractivity contribution >= 4 is 17.0 Å². The lowest BCUT2D eigenvalue weighted by Crippen LogP contribution is -1.99. The van der Waals surface area contributed by atoms with E-state index >= 15 is 0 Å². The van der Waals surface area contributed by atoms with E-state index < -0.39 is 29.1 Å². The highest BCUT2D eigenvalue weighted by molar-refractivity contribution is 7.84. The Balaban J connectivity index is 2.56. The summed E-state index contributed by atoms with van der Waals surface area (Å²) in [5.41, 5.74) is 0. The lowest BCUT2D eigenvalue weighted by atomic mass is 10.4. The highest BCUT2D eigenvalue weighted by Gasteiger charge is 2.14. The molecule has 5 nitrogen and oxygen atoms in total. The maximum Gasteiger partial charge on any atom is 0.301 e. The molecule has 0 fully saturated rings. The van der Waals surface area contributed by atoms with Crippen molar-refractivity contribution in [2.45, 2.75) is 31.6 Å². The lowest BCUT2D eigenvalue weighted by Gasteiger charge is -1.98. The Morgan fingerprint density at radius 3 is 2.85 bits per heavy atom. The molecule has 0 saturated heterocycles. The van der Waals surface area contributed by atoms with Crippen LogP contribution >= 0.6 is 0 Å². The number of allylic oxidation sites excluding steroid dienone is 1. The molecule has 112 valence electrons. The van der Waals surface area contributed by atoms with Crippen LogP contribution in [0.1, 0.15) is 26.0 Å². The van der Waals surface area contributed by atoms with Crippen LogP contribution in [0, 0.1) is 0 Å². The van der Waals surface area contributed by atoms with Crippen LogP contribution in [0.2, 0.25) is 0 Å². The minimum Gasteiger partial charge on any atom is -0.429 e. The molecule has 0 amide bonds. The number of aromatic nitrogens is 1. The van der Waals surface area contributed by atoms with Crippen LogP contribution < -0.4 is 0 Å². The van der Waals surface area contributed by atoms with E-state index in [4.69, 9.17) is 9.25 Å². The monoisotopic (exact) mass is 310 g/mol. The van der Waals surface area contributed by atoms with Gasteiger partial charge in [-0.3, -0.25) is 0 Å². The maximum absolute atomic E-state index is 12.6. The van der Waals surface area contributed by atoms with Gasteiger partial charge in [-0.15, -0.1) is 0 Å². The summed E-state index contributed by atoms with van der Waals surface area (Å²) in [5.74, 6) is -1.73. The van der Waals surface area contributed by atoms with Gasteiger partial charge in [0.2, 0.25) is 0 Å². The van der Waals surface area contributed by atoms with Gasteiger partial charge in [-0.05, 0) is 13.8 Å². The van der Waals surface area contributed by atoms with Gasteiger partial charge in [0.25, 0.3) is 5.22 Å². The number of halogens is 3. The van der Waals surface area contributed by atoms with Gasteiger partial charge in [0.1, 0.15) is 23.1 Å². The van der Waals surface area contributed by atoms with Gasteiger partial charge >= 0.3 is 6.08 Å². The first-order valence-corrected chi connectivity index (χ1v) is 6.95. The standard InChI is InChI=1S/C11H13F3N2O3S/c1-7(2)19-16-6-8-5-15-11(18-8)20(17)4-3-9(12)10(13)14/h5-7H,3-4H2,1-2H3/b16-6-. The third-order valence-electron chi connectivity index (χ3n) is 1.86. The third kappa shape index (κ3) is 5.55. The topological polar surface area (TPSA) is 64.7 Å². The fourth-order valence-electron chi connectivity index (χ4n) is 1.00. The Morgan fingerprint density at radius 2 is 2.25 bits per heavy atom. The van der Waals surface area contributed by atoms with Gasteiger partial charge in [-0.2, -0.15) is 8.78 Å². The Kier molecular flexibility index (Phi) is 6.43. The van der Waals surface area contributed by atoms with Crippen LogP contribution in [-0.4, -0.2) is 27.3 Å². The molecule has 0 aliphatic heterocycles. The van der Waals surface area contributed by atoms with Crippen molar-refractivity contribution in [3.63, 3.8) is 0 Å². The van der Waals surface area contributed by atoms with Crippen molar-refractivity contribution < 1.29 is 26.6 Å². The Labute approximate surface area is 116 Å². The highest BCUT2D eigenvalue weighted by atomic mass is 32.2. The third-order valence-corrected chi connectivity index (χ3v) is 3.01. The van der Waals surface area contributed by atoms with E-state index in [0.717, 1.165) is 0 Å². The van der Waals surface area contributed by atoms with Crippen LogP contribution in [0.4, 0.5) is 13.2 Å². The summed E-state index contributed by atoms with van der Waals surface area (Å²) in [6, 6.07) is 0. The SMILES string of the molecule is CC(C)O/N=C\c1cnc(S(=O)CCC(F)=C(F)F)o1. The molecule has 1 aromatic rings.